The van der Waals surface area contributed by atoms with E-state index < -0.39 is 28.7 Å². The molecule has 2 aromatic rings. The number of anilines is 1. The number of likely N-dealkylation sites (N-methyl/N-ethyl adjacent to an activating group) is 1. The molecular weight excluding hydrogens is 606 g/mol. The van der Waals surface area contributed by atoms with Gasteiger partial charge < -0.3 is 25.6 Å². The number of hydrogen-bond acceptors (Lipinski definition) is 9. The van der Waals surface area contributed by atoms with Crippen LogP contribution in [0.25, 0.3) is 0 Å². The van der Waals surface area contributed by atoms with Gasteiger partial charge in [0, 0.05) is 35.7 Å². The Bertz CT molecular complexity index is 1630. The lowest BCUT2D eigenvalue weighted by atomic mass is 9.65. The third-order valence-electron chi connectivity index (χ3n) is 11.4. The third-order valence-corrected chi connectivity index (χ3v) is 11.4. The van der Waals surface area contributed by atoms with Gasteiger partial charge in [-0.3, -0.25) is 9.59 Å². The van der Waals surface area contributed by atoms with Gasteiger partial charge in [0.1, 0.15) is 5.82 Å². The number of nitrogens with one attached hydrogen (secondary N) is 1. The number of pyridine rings is 1. The number of aliphatic hydroxyl groups is 1. The highest BCUT2D eigenvalue weighted by atomic mass is 16.7. The number of Topliss-reactive ketones (excluding diaryl/α,β-unsaturated/α-hetero) is 2. The topological polar surface area (TPSA) is 144 Å². The summed E-state index contributed by atoms with van der Waals surface area (Å²) in [6, 6.07) is 10.5. The molecular formula is C39H49N3O6. The first-order valence-corrected chi connectivity index (χ1v) is 17.6. The summed E-state index contributed by atoms with van der Waals surface area (Å²) in [6.07, 6.45) is 13.7. The molecule has 0 spiro atoms. The van der Waals surface area contributed by atoms with Gasteiger partial charge >= 0.3 is 5.97 Å². The number of aromatic nitrogens is 1. The molecule has 1 aliphatic heterocycles. The van der Waals surface area contributed by atoms with Crippen molar-refractivity contribution in [3.8, 4) is 0 Å². The number of allylic oxidation sites excluding steroid dienone is 2. The predicted octanol–water partition coefficient (Wildman–Crippen LogP) is 5.67. The summed E-state index contributed by atoms with van der Waals surface area (Å²) in [5, 5.41) is 14.3. The fourth-order valence-corrected chi connectivity index (χ4v) is 8.62. The number of esters is 1. The monoisotopic (exact) mass is 655 g/mol. The van der Waals surface area contributed by atoms with Gasteiger partial charge in [0.25, 0.3) is 5.60 Å². The Morgan fingerprint density at radius 3 is 2.46 bits per heavy atom. The lowest BCUT2D eigenvalue weighted by Gasteiger charge is -2.39. The maximum absolute atomic E-state index is 14.3. The van der Waals surface area contributed by atoms with Crippen LogP contribution < -0.4 is 11.1 Å². The Morgan fingerprint density at radius 2 is 1.79 bits per heavy atom. The quantitative estimate of drug-likeness (QED) is 0.114. The standard InChI is InChI=1S/C39H49N3O6/c1-4-26-13-14-32(41-5-2)27(19-26)24-47-36(46)39-35(45)31-12-8-7-11-30(31)34(44)38(39,48-39)22-28(23-43)25(3)21-37(16-9-6-10-17-37)29-15-18-42-33(40)20-29/h7-8,11-15,18,20,26-27,32,41,43H,4-6,9-10,16-17,19,21-24H2,1-3H3,(H2,40,42)/b28-25-/t26-,27+,32-,38+,39+/m1/s1. The smallest absolute Gasteiger partial charge is 0.350 e. The Hall–Kier alpha value is -3.66. The van der Waals surface area contributed by atoms with E-state index in [9.17, 15) is 19.5 Å². The van der Waals surface area contributed by atoms with E-state index in [-0.39, 0.29) is 48.1 Å². The summed E-state index contributed by atoms with van der Waals surface area (Å²) in [5.74, 6) is -0.977. The molecule has 4 aliphatic rings. The molecule has 2 fully saturated rings. The van der Waals surface area contributed by atoms with Crippen molar-refractivity contribution < 1.29 is 29.0 Å². The fraction of sp³-hybridized carbons (Fsp3) is 0.538. The van der Waals surface area contributed by atoms with Crippen molar-refractivity contribution in [2.45, 2.75) is 101 Å². The summed E-state index contributed by atoms with van der Waals surface area (Å²) < 4.78 is 12.2. The van der Waals surface area contributed by atoms with Crippen LogP contribution >= 0.6 is 0 Å². The SMILES string of the molecule is CCN[C@@H]1C=C[C@@H](CC)C[C@H]1COC(=O)[C@]12O[C@@]1(C/C(CO)=C(\C)CC1(c3ccnc(N)c3)CCCCC1)C(=O)c1ccccc1C2=O. The molecule has 1 aromatic heterocycles. The summed E-state index contributed by atoms with van der Waals surface area (Å²) >= 11 is 0. The zero-order valence-electron chi connectivity index (χ0n) is 28.4. The molecule has 9 nitrogen and oxygen atoms in total. The van der Waals surface area contributed by atoms with E-state index in [0.29, 0.717) is 23.7 Å². The number of nitrogen functional groups attached to an aromatic ring is 1. The molecule has 3 aliphatic carbocycles. The summed E-state index contributed by atoms with van der Waals surface area (Å²) in [6.45, 7) is 6.67. The van der Waals surface area contributed by atoms with Gasteiger partial charge in [-0.25, -0.2) is 9.78 Å². The first-order chi connectivity index (χ1) is 23.1. The van der Waals surface area contributed by atoms with Crippen LogP contribution in [-0.4, -0.2) is 64.6 Å². The Balaban J connectivity index is 1.32. The van der Waals surface area contributed by atoms with Crippen molar-refractivity contribution in [3.05, 3.63) is 82.6 Å². The number of fused-ring (bicyclic) bond motifs is 2. The lowest BCUT2D eigenvalue weighted by molar-refractivity contribution is -0.149. The number of benzene rings is 1. The number of ketones is 2. The third kappa shape index (κ3) is 5.84. The molecule has 1 saturated heterocycles. The Labute approximate surface area is 283 Å². The van der Waals surface area contributed by atoms with Gasteiger partial charge in [0.2, 0.25) is 5.78 Å². The number of nitrogens with zero attached hydrogens (tertiary/aromatic N) is 1. The maximum Gasteiger partial charge on any atom is 0.350 e. The second kappa shape index (κ2) is 13.7. The van der Waals surface area contributed by atoms with Crippen LogP contribution in [0, 0.1) is 11.8 Å². The molecule has 0 amide bonds. The minimum Gasteiger partial charge on any atom is -0.463 e. The van der Waals surface area contributed by atoms with Gasteiger partial charge in [0.15, 0.2) is 11.4 Å². The number of nitrogens with two attached hydrogens (primary N) is 1. The van der Waals surface area contributed by atoms with Gasteiger partial charge in [-0.1, -0.05) is 75.1 Å². The zero-order chi connectivity index (χ0) is 34.1. The number of epoxide rings is 1. The van der Waals surface area contributed by atoms with Crippen molar-refractivity contribution in [2.75, 3.05) is 25.5 Å². The zero-order valence-corrected chi connectivity index (χ0v) is 28.4. The number of carbonyl (C=O) groups excluding carboxylic acids is 3. The molecule has 0 bridgehead atoms. The Kier molecular flexibility index (Phi) is 9.76. The first-order valence-electron chi connectivity index (χ1n) is 17.6. The van der Waals surface area contributed by atoms with Gasteiger partial charge in [-0.2, -0.15) is 0 Å². The van der Waals surface area contributed by atoms with Crippen LogP contribution in [0.1, 0.15) is 105 Å². The second-order valence-electron chi connectivity index (χ2n) is 14.3. The highest BCUT2D eigenvalue weighted by Gasteiger charge is 2.85. The fourth-order valence-electron chi connectivity index (χ4n) is 8.62. The van der Waals surface area contributed by atoms with Gasteiger partial charge in [0.05, 0.1) is 13.2 Å². The van der Waals surface area contributed by atoms with E-state index in [1.807, 2.05) is 26.0 Å². The van der Waals surface area contributed by atoms with Crippen LogP contribution in [0.5, 0.6) is 0 Å². The number of rotatable bonds is 12. The van der Waals surface area contributed by atoms with Crippen LogP contribution in [0.4, 0.5) is 5.82 Å². The predicted molar refractivity (Wildman–Crippen MR) is 184 cm³/mol. The number of aliphatic hydroxyl groups excluding tert-OH is 1. The van der Waals surface area contributed by atoms with Crippen LogP contribution in [-0.2, 0) is 19.7 Å². The van der Waals surface area contributed by atoms with Crippen molar-refractivity contribution in [2.24, 2.45) is 11.8 Å². The van der Waals surface area contributed by atoms with E-state index in [1.54, 1.807) is 30.5 Å². The summed E-state index contributed by atoms with van der Waals surface area (Å²) in [5.41, 5.74) is 5.03. The second-order valence-corrected chi connectivity index (χ2v) is 14.3. The molecule has 256 valence electrons. The van der Waals surface area contributed by atoms with E-state index in [2.05, 4.69) is 29.4 Å². The highest BCUT2D eigenvalue weighted by Crippen LogP contribution is 2.60. The van der Waals surface area contributed by atoms with E-state index >= 15 is 0 Å². The number of carbonyl (C=O) groups is 3. The Morgan fingerprint density at radius 1 is 1.06 bits per heavy atom. The number of ether oxygens (including phenoxy) is 2. The number of hydrogen-bond donors (Lipinski definition) is 3. The molecule has 6 rings (SSSR count). The maximum atomic E-state index is 14.3. The van der Waals surface area contributed by atoms with Crippen LogP contribution in [0.15, 0.2) is 65.9 Å². The lowest BCUT2D eigenvalue weighted by Crippen LogP contribution is -2.51. The average molecular weight is 656 g/mol. The average Bonchev–Trinajstić information content (AvgIpc) is 3.81. The molecule has 1 saturated carbocycles. The van der Waals surface area contributed by atoms with E-state index in [1.165, 1.54) is 0 Å². The minimum absolute atomic E-state index is 0.0131. The first kappa shape index (κ1) is 34.2. The van der Waals surface area contributed by atoms with Crippen molar-refractivity contribution in [3.63, 3.8) is 0 Å². The summed E-state index contributed by atoms with van der Waals surface area (Å²) in [4.78, 5) is 46.9. The van der Waals surface area contributed by atoms with Crippen LogP contribution in [0.3, 0.4) is 0 Å². The molecule has 2 heterocycles. The molecule has 0 unspecified atom stereocenters. The van der Waals surface area contributed by atoms with Crippen molar-refractivity contribution in [1.82, 2.24) is 10.3 Å². The largest absolute Gasteiger partial charge is 0.463 e. The molecule has 5 atom stereocenters. The van der Waals surface area contributed by atoms with E-state index in [4.69, 9.17) is 15.2 Å². The molecule has 0 radical (unpaired) electrons. The van der Waals surface area contributed by atoms with Crippen molar-refractivity contribution >= 4 is 23.4 Å². The molecule has 48 heavy (non-hydrogen) atoms. The summed E-state index contributed by atoms with van der Waals surface area (Å²) in [7, 11) is 0. The minimum atomic E-state index is -2.09. The van der Waals surface area contributed by atoms with Gasteiger partial charge in [-0.15, -0.1) is 0 Å². The van der Waals surface area contributed by atoms with Crippen molar-refractivity contribution in [1.29, 1.82) is 0 Å². The normalized spacial score (nSPS) is 29.5. The van der Waals surface area contributed by atoms with Gasteiger partial charge in [-0.05, 0) is 80.2 Å². The highest BCUT2D eigenvalue weighted by molar-refractivity contribution is 6.32. The van der Waals surface area contributed by atoms with E-state index in [0.717, 1.165) is 62.6 Å². The van der Waals surface area contributed by atoms with Crippen LogP contribution in [0.2, 0.25) is 0 Å². The molecule has 4 N–H and O–H groups in total. The molecule has 9 heteroatoms. The molecule has 1 aromatic carbocycles.